The summed E-state index contributed by atoms with van der Waals surface area (Å²) < 4.78 is 6.31. The van der Waals surface area contributed by atoms with Crippen LogP contribution in [-0.2, 0) is 13.0 Å². The predicted octanol–water partition coefficient (Wildman–Crippen LogP) is 1.02. The predicted molar refractivity (Wildman–Crippen MR) is 38.0 cm³/mol. The molecule has 0 fully saturated rings. The second kappa shape index (κ2) is 2.73. The summed E-state index contributed by atoms with van der Waals surface area (Å²) in [5, 5.41) is 0. The Morgan fingerprint density at radius 3 is 2.70 bits per heavy atom. The van der Waals surface area contributed by atoms with Gasteiger partial charge < -0.3 is 4.42 Å². The molecule has 3 nitrogen and oxygen atoms in total. The van der Waals surface area contributed by atoms with E-state index < -0.39 is 0 Å². The fraction of sp³-hybridized carbons (Fsp3) is 0.571. The van der Waals surface area contributed by atoms with E-state index in [4.69, 9.17) is 0 Å². The van der Waals surface area contributed by atoms with Crippen molar-refractivity contribution in [3.63, 3.8) is 0 Å². The van der Waals surface area contributed by atoms with E-state index in [0.29, 0.717) is 6.54 Å². The Balaban J connectivity index is 3.13. The third-order valence-electron chi connectivity index (χ3n) is 1.54. The number of rotatable bonds is 2. The number of aromatic nitrogens is 1. The number of hydrogen-bond acceptors (Lipinski definition) is 2. The van der Waals surface area contributed by atoms with Crippen LogP contribution in [0.25, 0.3) is 0 Å². The Bertz CT molecular complexity index is 259. The Labute approximate surface area is 59.3 Å². The Morgan fingerprint density at radius 2 is 2.30 bits per heavy atom. The summed E-state index contributed by atoms with van der Waals surface area (Å²) in [5.74, 6) is -0.251. The fourth-order valence-electron chi connectivity index (χ4n) is 0.969. The molecular weight excluding hydrogens is 130 g/mol. The van der Waals surface area contributed by atoms with E-state index in [9.17, 15) is 4.79 Å². The Hall–Kier alpha value is -0.990. The van der Waals surface area contributed by atoms with Crippen LogP contribution in [0.1, 0.15) is 19.5 Å². The van der Waals surface area contributed by atoms with Crippen molar-refractivity contribution in [2.24, 2.45) is 0 Å². The molecule has 0 aliphatic rings. The first-order chi connectivity index (χ1) is 4.79. The molecule has 56 valence electrons. The molecule has 0 bridgehead atoms. The lowest BCUT2D eigenvalue weighted by atomic mass is 10.4. The third kappa shape index (κ3) is 0.988. The van der Waals surface area contributed by atoms with Gasteiger partial charge in [0.15, 0.2) is 0 Å². The molecule has 0 N–H and O–H groups in total. The van der Waals surface area contributed by atoms with Crippen molar-refractivity contribution in [3.05, 3.63) is 22.5 Å². The van der Waals surface area contributed by atoms with Crippen LogP contribution in [0.15, 0.2) is 15.5 Å². The summed E-state index contributed by atoms with van der Waals surface area (Å²) >= 11 is 0. The average Bonchev–Trinajstić information content (AvgIpc) is 2.30. The van der Waals surface area contributed by atoms with Crippen molar-refractivity contribution in [3.8, 4) is 0 Å². The van der Waals surface area contributed by atoms with E-state index in [1.807, 2.05) is 13.8 Å². The van der Waals surface area contributed by atoms with Crippen molar-refractivity contribution in [2.75, 3.05) is 0 Å². The van der Waals surface area contributed by atoms with Crippen LogP contribution < -0.4 is 5.76 Å². The smallest absolute Gasteiger partial charge is 0.416 e. The third-order valence-corrected chi connectivity index (χ3v) is 1.54. The van der Waals surface area contributed by atoms with Gasteiger partial charge in [-0.05, 0) is 13.3 Å². The van der Waals surface area contributed by atoms with Crippen LogP contribution in [0.3, 0.4) is 0 Å². The van der Waals surface area contributed by atoms with Crippen LogP contribution in [0.5, 0.6) is 0 Å². The summed E-state index contributed by atoms with van der Waals surface area (Å²) in [6.07, 6.45) is 2.37. The van der Waals surface area contributed by atoms with Gasteiger partial charge in [0.25, 0.3) is 0 Å². The van der Waals surface area contributed by atoms with Gasteiger partial charge in [-0.1, -0.05) is 6.92 Å². The lowest BCUT2D eigenvalue weighted by molar-refractivity contribution is 0.483. The van der Waals surface area contributed by atoms with E-state index in [-0.39, 0.29) is 5.76 Å². The first-order valence-corrected chi connectivity index (χ1v) is 3.46. The van der Waals surface area contributed by atoms with Gasteiger partial charge >= 0.3 is 5.76 Å². The second-order valence-electron chi connectivity index (χ2n) is 2.09. The van der Waals surface area contributed by atoms with Gasteiger partial charge in [0, 0.05) is 6.54 Å². The highest BCUT2D eigenvalue weighted by molar-refractivity contribution is 4.93. The molecule has 0 spiro atoms. The zero-order chi connectivity index (χ0) is 7.56. The Morgan fingerprint density at radius 1 is 1.60 bits per heavy atom. The molecule has 1 aromatic heterocycles. The van der Waals surface area contributed by atoms with E-state index in [0.717, 1.165) is 12.1 Å². The van der Waals surface area contributed by atoms with Crippen molar-refractivity contribution < 1.29 is 4.42 Å². The highest BCUT2D eigenvalue weighted by Gasteiger charge is 2.01. The molecule has 0 atom stereocenters. The Kier molecular flexibility index (Phi) is 1.94. The zero-order valence-corrected chi connectivity index (χ0v) is 6.26. The molecule has 0 amide bonds. The lowest BCUT2D eigenvalue weighted by Gasteiger charge is -1.96. The summed E-state index contributed by atoms with van der Waals surface area (Å²) in [7, 11) is 0. The van der Waals surface area contributed by atoms with Crippen LogP contribution in [-0.4, -0.2) is 4.57 Å². The van der Waals surface area contributed by atoms with E-state index >= 15 is 0 Å². The van der Waals surface area contributed by atoms with Gasteiger partial charge in [0.05, 0.1) is 5.69 Å². The minimum absolute atomic E-state index is 0.251. The monoisotopic (exact) mass is 141 g/mol. The molecule has 10 heavy (non-hydrogen) atoms. The van der Waals surface area contributed by atoms with Gasteiger partial charge in [0.1, 0.15) is 6.26 Å². The molecule has 0 saturated heterocycles. The average molecular weight is 141 g/mol. The standard InChI is InChI=1S/C7H11NO2/c1-3-6-5-10-7(9)8(6)4-2/h5H,3-4H2,1-2H3. The number of nitrogens with zero attached hydrogens (tertiary/aromatic N) is 1. The van der Waals surface area contributed by atoms with Crippen LogP contribution in [0.4, 0.5) is 0 Å². The SMILES string of the molecule is CCc1coc(=O)n1CC. The molecule has 0 aromatic carbocycles. The number of hydrogen-bond donors (Lipinski definition) is 0. The minimum Gasteiger partial charge on any atom is -0.416 e. The van der Waals surface area contributed by atoms with Gasteiger partial charge in [0.2, 0.25) is 0 Å². The highest BCUT2D eigenvalue weighted by Crippen LogP contribution is 1.96. The molecule has 0 unspecified atom stereocenters. The van der Waals surface area contributed by atoms with Crippen molar-refractivity contribution in [2.45, 2.75) is 26.8 Å². The van der Waals surface area contributed by atoms with Gasteiger partial charge in [-0.3, -0.25) is 4.57 Å². The molecule has 1 heterocycles. The summed E-state index contributed by atoms with van der Waals surface area (Å²) in [6, 6.07) is 0. The molecule has 1 rings (SSSR count). The summed E-state index contributed by atoms with van der Waals surface area (Å²) in [5.41, 5.74) is 0.965. The zero-order valence-electron chi connectivity index (χ0n) is 6.26. The van der Waals surface area contributed by atoms with E-state index in [2.05, 4.69) is 4.42 Å². The number of oxazole rings is 1. The van der Waals surface area contributed by atoms with Gasteiger partial charge in [-0.2, -0.15) is 0 Å². The quantitative estimate of drug-likeness (QED) is 0.616. The topological polar surface area (TPSA) is 35.1 Å². The lowest BCUT2D eigenvalue weighted by Crippen LogP contribution is -2.14. The second-order valence-corrected chi connectivity index (χ2v) is 2.09. The first kappa shape index (κ1) is 7.12. The molecule has 0 aliphatic heterocycles. The molecule has 0 aliphatic carbocycles. The summed E-state index contributed by atoms with van der Waals surface area (Å²) in [6.45, 7) is 4.62. The molecule has 0 radical (unpaired) electrons. The van der Waals surface area contributed by atoms with Crippen LogP contribution >= 0.6 is 0 Å². The van der Waals surface area contributed by atoms with Gasteiger partial charge in [-0.15, -0.1) is 0 Å². The number of aryl methyl sites for hydroxylation is 1. The first-order valence-electron chi connectivity index (χ1n) is 3.46. The maximum absolute atomic E-state index is 10.8. The normalized spacial score (nSPS) is 10.2. The molecular formula is C7H11NO2. The maximum atomic E-state index is 10.8. The van der Waals surface area contributed by atoms with Crippen molar-refractivity contribution in [1.82, 2.24) is 4.57 Å². The maximum Gasteiger partial charge on any atom is 0.419 e. The van der Waals surface area contributed by atoms with Crippen LogP contribution in [0, 0.1) is 0 Å². The van der Waals surface area contributed by atoms with Crippen molar-refractivity contribution in [1.29, 1.82) is 0 Å². The van der Waals surface area contributed by atoms with Crippen molar-refractivity contribution >= 4 is 0 Å². The molecule has 0 saturated carbocycles. The van der Waals surface area contributed by atoms with Crippen LogP contribution in [0.2, 0.25) is 0 Å². The molecule has 1 aromatic rings. The molecule has 3 heteroatoms. The van der Waals surface area contributed by atoms with E-state index in [1.54, 1.807) is 4.57 Å². The summed E-state index contributed by atoms with van der Waals surface area (Å²) in [4.78, 5) is 10.8. The van der Waals surface area contributed by atoms with Gasteiger partial charge in [-0.25, -0.2) is 4.79 Å². The highest BCUT2D eigenvalue weighted by atomic mass is 16.4. The largest absolute Gasteiger partial charge is 0.419 e. The minimum atomic E-state index is -0.251. The van der Waals surface area contributed by atoms with E-state index in [1.165, 1.54) is 6.26 Å². The fourth-order valence-corrected chi connectivity index (χ4v) is 0.969.